The Balaban J connectivity index is 1.52. The lowest BCUT2D eigenvalue weighted by molar-refractivity contribution is -0.113. The SMILES string of the molecule is Cc1csc(NC(=O)CSc2nc3scc(-c4ccccc4)c3c(=O)[nH]2)n1. The van der Waals surface area contributed by atoms with E-state index in [-0.39, 0.29) is 17.2 Å². The number of anilines is 1. The van der Waals surface area contributed by atoms with Gasteiger partial charge in [-0.05, 0) is 12.5 Å². The van der Waals surface area contributed by atoms with Gasteiger partial charge in [0.15, 0.2) is 10.3 Å². The maximum absolute atomic E-state index is 12.6. The van der Waals surface area contributed by atoms with Crippen LogP contribution in [0.4, 0.5) is 5.13 Å². The highest BCUT2D eigenvalue weighted by molar-refractivity contribution is 7.99. The van der Waals surface area contributed by atoms with Gasteiger partial charge in [0.05, 0.1) is 16.8 Å². The van der Waals surface area contributed by atoms with Crippen molar-refractivity contribution in [1.82, 2.24) is 15.0 Å². The number of benzene rings is 1. The molecular weight excluding hydrogens is 400 g/mol. The number of aryl methyl sites for hydroxylation is 1. The zero-order valence-corrected chi connectivity index (χ0v) is 16.6. The average molecular weight is 415 g/mol. The predicted molar refractivity (Wildman–Crippen MR) is 112 cm³/mol. The van der Waals surface area contributed by atoms with Crippen molar-refractivity contribution in [2.75, 3.05) is 11.1 Å². The maximum atomic E-state index is 12.6. The topological polar surface area (TPSA) is 87.7 Å². The summed E-state index contributed by atoms with van der Waals surface area (Å²) in [6.45, 7) is 1.87. The molecule has 0 unspecified atom stereocenters. The first kappa shape index (κ1) is 17.9. The highest BCUT2D eigenvalue weighted by Crippen LogP contribution is 2.31. The zero-order valence-electron chi connectivity index (χ0n) is 14.2. The number of carbonyl (C=O) groups is 1. The number of fused-ring (bicyclic) bond motifs is 1. The van der Waals surface area contributed by atoms with Gasteiger partial charge in [0.25, 0.3) is 5.56 Å². The molecule has 0 saturated heterocycles. The van der Waals surface area contributed by atoms with Crippen molar-refractivity contribution >= 4 is 55.7 Å². The molecule has 1 amide bonds. The van der Waals surface area contributed by atoms with Gasteiger partial charge in [-0.1, -0.05) is 42.1 Å². The molecule has 9 heteroatoms. The van der Waals surface area contributed by atoms with E-state index in [1.807, 2.05) is 48.0 Å². The number of amides is 1. The molecule has 0 bridgehead atoms. The number of H-pyrrole nitrogens is 1. The standard InChI is InChI=1S/C18H14N4O2S3/c1-10-7-26-17(19-10)20-13(23)9-27-18-21-15(24)14-12(8-25-16(14)22-18)11-5-3-2-4-6-11/h2-8H,9H2,1H3,(H,19,20,23)(H,21,22,24). The van der Waals surface area contributed by atoms with E-state index in [1.165, 1.54) is 34.4 Å². The van der Waals surface area contributed by atoms with Gasteiger partial charge < -0.3 is 10.3 Å². The molecule has 4 aromatic rings. The first-order valence-electron chi connectivity index (χ1n) is 8.02. The third-order valence-corrected chi connectivity index (χ3v) is 6.33. The summed E-state index contributed by atoms with van der Waals surface area (Å²) >= 11 is 4.00. The van der Waals surface area contributed by atoms with E-state index in [0.29, 0.717) is 20.5 Å². The van der Waals surface area contributed by atoms with E-state index in [9.17, 15) is 9.59 Å². The van der Waals surface area contributed by atoms with E-state index < -0.39 is 0 Å². The van der Waals surface area contributed by atoms with E-state index in [2.05, 4.69) is 20.3 Å². The molecule has 0 aliphatic heterocycles. The largest absolute Gasteiger partial charge is 0.301 e. The van der Waals surface area contributed by atoms with Crippen molar-refractivity contribution < 1.29 is 4.79 Å². The number of nitrogens with one attached hydrogen (secondary N) is 2. The van der Waals surface area contributed by atoms with Crippen LogP contribution >= 0.6 is 34.4 Å². The normalized spacial score (nSPS) is 11.0. The van der Waals surface area contributed by atoms with Crippen LogP contribution in [-0.4, -0.2) is 26.6 Å². The molecule has 6 nitrogen and oxygen atoms in total. The fourth-order valence-corrected chi connectivity index (χ4v) is 4.90. The van der Waals surface area contributed by atoms with Gasteiger partial charge in [0.2, 0.25) is 5.91 Å². The Labute approximate surface area is 166 Å². The molecule has 2 N–H and O–H groups in total. The number of nitrogens with zero attached hydrogens (tertiary/aromatic N) is 2. The molecule has 0 fully saturated rings. The number of aromatic nitrogens is 3. The molecule has 27 heavy (non-hydrogen) atoms. The summed E-state index contributed by atoms with van der Waals surface area (Å²) in [4.78, 5) is 36.8. The van der Waals surface area contributed by atoms with E-state index in [0.717, 1.165) is 16.8 Å². The second-order valence-corrected chi connectivity index (χ2v) is 8.38. The van der Waals surface area contributed by atoms with Crippen molar-refractivity contribution in [2.45, 2.75) is 12.1 Å². The summed E-state index contributed by atoms with van der Waals surface area (Å²) in [7, 11) is 0. The Morgan fingerprint density at radius 2 is 2.00 bits per heavy atom. The van der Waals surface area contributed by atoms with Crippen LogP contribution in [0.2, 0.25) is 0 Å². The number of hydrogen-bond donors (Lipinski definition) is 2. The Hall–Kier alpha value is -2.49. The van der Waals surface area contributed by atoms with Gasteiger partial charge in [-0.25, -0.2) is 9.97 Å². The molecule has 1 aromatic carbocycles. The van der Waals surface area contributed by atoms with Crippen LogP contribution in [0.5, 0.6) is 0 Å². The van der Waals surface area contributed by atoms with Crippen molar-refractivity contribution in [3.63, 3.8) is 0 Å². The highest BCUT2D eigenvalue weighted by Gasteiger charge is 2.14. The number of aromatic amines is 1. The van der Waals surface area contributed by atoms with Gasteiger partial charge in [-0.15, -0.1) is 22.7 Å². The van der Waals surface area contributed by atoms with Crippen LogP contribution in [0.25, 0.3) is 21.3 Å². The monoisotopic (exact) mass is 414 g/mol. The lowest BCUT2D eigenvalue weighted by Crippen LogP contribution is -2.15. The third-order valence-electron chi connectivity index (χ3n) is 3.71. The van der Waals surface area contributed by atoms with Crippen LogP contribution in [0.1, 0.15) is 5.69 Å². The summed E-state index contributed by atoms with van der Waals surface area (Å²) in [5.41, 5.74) is 2.53. The molecule has 3 aromatic heterocycles. The number of thiazole rings is 1. The summed E-state index contributed by atoms with van der Waals surface area (Å²) in [5, 5.41) is 8.13. The van der Waals surface area contributed by atoms with Crippen molar-refractivity contribution in [2.24, 2.45) is 0 Å². The maximum Gasteiger partial charge on any atom is 0.260 e. The smallest absolute Gasteiger partial charge is 0.260 e. The molecule has 136 valence electrons. The fourth-order valence-electron chi connectivity index (χ4n) is 2.53. The molecule has 0 radical (unpaired) electrons. The van der Waals surface area contributed by atoms with Crippen LogP contribution in [0.3, 0.4) is 0 Å². The Morgan fingerprint density at radius 1 is 1.19 bits per heavy atom. The predicted octanol–water partition coefficient (Wildman–Crippen LogP) is 4.15. The molecule has 0 aliphatic rings. The fraction of sp³-hybridized carbons (Fsp3) is 0.111. The minimum atomic E-state index is -0.196. The molecule has 0 atom stereocenters. The van der Waals surface area contributed by atoms with Crippen molar-refractivity contribution in [1.29, 1.82) is 0 Å². The van der Waals surface area contributed by atoms with Crippen molar-refractivity contribution in [3.8, 4) is 11.1 Å². The molecular formula is C18H14N4O2S3. The lowest BCUT2D eigenvalue weighted by atomic mass is 10.1. The minimum absolute atomic E-state index is 0.143. The van der Waals surface area contributed by atoms with Crippen molar-refractivity contribution in [3.05, 3.63) is 57.1 Å². The minimum Gasteiger partial charge on any atom is -0.301 e. The lowest BCUT2D eigenvalue weighted by Gasteiger charge is -2.03. The van der Waals surface area contributed by atoms with E-state index in [1.54, 1.807) is 0 Å². The zero-order chi connectivity index (χ0) is 18.8. The number of rotatable bonds is 5. The third kappa shape index (κ3) is 3.95. The molecule has 3 heterocycles. The quantitative estimate of drug-likeness (QED) is 0.378. The molecule has 0 aliphatic carbocycles. The second kappa shape index (κ2) is 7.63. The Morgan fingerprint density at radius 3 is 2.74 bits per heavy atom. The number of hydrogen-bond acceptors (Lipinski definition) is 7. The average Bonchev–Trinajstić information content (AvgIpc) is 3.27. The van der Waals surface area contributed by atoms with Crippen LogP contribution in [0, 0.1) is 6.92 Å². The summed E-state index contributed by atoms with van der Waals surface area (Å²) in [6.07, 6.45) is 0. The first-order valence-corrected chi connectivity index (χ1v) is 10.8. The van der Waals surface area contributed by atoms with E-state index in [4.69, 9.17) is 0 Å². The number of thiophene rings is 1. The molecule has 4 rings (SSSR count). The summed E-state index contributed by atoms with van der Waals surface area (Å²) in [6, 6.07) is 9.75. The molecule has 0 spiro atoms. The van der Waals surface area contributed by atoms with Gasteiger partial charge >= 0.3 is 0 Å². The summed E-state index contributed by atoms with van der Waals surface area (Å²) < 4.78 is 0. The van der Waals surface area contributed by atoms with Gasteiger partial charge in [0.1, 0.15) is 4.83 Å². The van der Waals surface area contributed by atoms with Crippen LogP contribution in [0.15, 0.2) is 51.0 Å². The van der Waals surface area contributed by atoms with Gasteiger partial charge in [-0.3, -0.25) is 9.59 Å². The van der Waals surface area contributed by atoms with Gasteiger partial charge in [0, 0.05) is 16.3 Å². The van der Waals surface area contributed by atoms with Crippen LogP contribution in [-0.2, 0) is 4.79 Å². The van der Waals surface area contributed by atoms with E-state index >= 15 is 0 Å². The number of thioether (sulfide) groups is 1. The Bertz CT molecular complexity index is 1160. The van der Waals surface area contributed by atoms with Gasteiger partial charge in [-0.2, -0.15) is 0 Å². The first-order chi connectivity index (χ1) is 13.1. The molecule has 0 saturated carbocycles. The van der Waals surface area contributed by atoms with Crippen LogP contribution < -0.4 is 10.9 Å². The summed E-state index contributed by atoms with van der Waals surface area (Å²) in [5.74, 6) is -0.0440. The second-order valence-electron chi connectivity index (χ2n) is 5.70. The Kier molecular flexibility index (Phi) is 5.06. The highest BCUT2D eigenvalue weighted by atomic mass is 32.2. The number of carbonyl (C=O) groups excluding carboxylic acids is 1.